The van der Waals surface area contributed by atoms with Crippen molar-refractivity contribution in [2.45, 2.75) is 32.3 Å². The van der Waals surface area contributed by atoms with Crippen LogP contribution in [0.5, 0.6) is 5.75 Å². The van der Waals surface area contributed by atoms with E-state index in [1.807, 2.05) is 0 Å². The molecule has 1 amide bonds. The molecular formula is C15H19NO5. The maximum absolute atomic E-state index is 12.2. The highest BCUT2D eigenvalue weighted by molar-refractivity contribution is 5.95. The number of amides is 1. The molecule has 1 aliphatic heterocycles. The number of methoxy groups -OCH3 is 1. The van der Waals surface area contributed by atoms with Crippen molar-refractivity contribution >= 4 is 17.7 Å². The van der Waals surface area contributed by atoms with Crippen LogP contribution in [0.15, 0.2) is 18.2 Å². The first-order chi connectivity index (χ1) is 9.73. The normalized spacial score (nSPS) is 17.3. The molecule has 0 saturated heterocycles. The Bertz CT molecular complexity index is 576. The summed E-state index contributed by atoms with van der Waals surface area (Å²) in [6, 6.07) is 5.03. The largest absolute Gasteiger partial charge is 0.497 e. The van der Waals surface area contributed by atoms with Crippen molar-refractivity contribution in [1.82, 2.24) is 0 Å². The van der Waals surface area contributed by atoms with Gasteiger partial charge in [-0.15, -0.1) is 0 Å². The lowest BCUT2D eigenvalue weighted by Gasteiger charge is -2.24. The van der Waals surface area contributed by atoms with E-state index in [4.69, 9.17) is 9.47 Å². The minimum absolute atomic E-state index is 0.0622. The fraction of sp³-hybridized carbons (Fsp3) is 0.467. The molecule has 2 rings (SSSR count). The quantitative estimate of drug-likeness (QED) is 0.907. The highest BCUT2D eigenvalue weighted by atomic mass is 16.6. The first kappa shape index (κ1) is 15.2. The number of ether oxygens (including phenoxy) is 2. The highest BCUT2D eigenvalue weighted by Gasteiger charge is 2.38. The van der Waals surface area contributed by atoms with Gasteiger partial charge in [-0.05, 0) is 44.5 Å². The van der Waals surface area contributed by atoms with Gasteiger partial charge in [-0.25, -0.2) is 4.79 Å². The summed E-state index contributed by atoms with van der Waals surface area (Å²) < 4.78 is 10.4. The summed E-state index contributed by atoms with van der Waals surface area (Å²) in [7, 11) is 1.51. The molecule has 0 bridgehead atoms. The van der Waals surface area contributed by atoms with Crippen LogP contribution in [0, 0.1) is 0 Å². The number of rotatable bonds is 2. The van der Waals surface area contributed by atoms with E-state index in [1.165, 1.54) is 12.0 Å². The zero-order chi connectivity index (χ0) is 15.8. The Labute approximate surface area is 123 Å². The van der Waals surface area contributed by atoms with Gasteiger partial charge in [0.2, 0.25) is 0 Å². The van der Waals surface area contributed by atoms with Crippen LogP contribution >= 0.6 is 0 Å². The van der Waals surface area contributed by atoms with E-state index >= 15 is 0 Å². The maximum atomic E-state index is 12.2. The molecule has 1 aromatic rings. The Morgan fingerprint density at radius 1 is 1.33 bits per heavy atom. The van der Waals surface area contributed by atoms with E-state index in [9.17, 15) is 14.7 Å². The molecule has 1 heterocycles. The number of benzene rings is 1. The number of nitrogens with zero attached hydrogens (tertiary/aromatic N) is 1. The summed E-state index contributed by atoms with van der Waals surface area (Å²) in [6.45, 7) is 5.37. The van der Waals surface area contributed by atoms with E-state index in [1.54, 1.807) is 39.0 Å². The molecule has 1 aliphatic rings. The van der Waals surface area contributed by atoms with Crippen LogP contribution < -0.4 is 9.64 Å². The summed E-state index contributed by atoms with van der Waals surface area (Å²) in [5.74, 6) is -1.19. The predicted octanol–water partition coefficient (Wildman–Crippen LogP) is 2.62. The molecule has 1 N–H and O–H groups in total. The number of hydrogen-bond acceptors (Lipinski definition) is 4. The second kappa shape index (κ2) is 5.27. The Kier molecular flexibility index (Phi) is 3.80. The summed E-state index contributed by atoms with van der Waals surface area (Å²) in [4.78, 5) is 25.0. The fourth-order valence-corrected chi connectivity index (χ4v) is 2.26. The van der Waals surface area contributed by atoms with E-state index in [0.29, 0.717) is 17.0 Å². The molecule has 1 aromatic carbocycles. The summed E-state index contributed by atoms with van der Waals surface area (Å²) >= 11 is 0. The number of carboxylic acids is 1. The van der Waals surface area contributed by atoms with Crippen molar-refractivity contribution < 1.29 is 24.2 Å². The fourth-order valence-electron chi connectivity index (χ4n) is 2.26. The molecule has 6 heteroatoms. The molecule has 1 atom stereocenters. The summed E-state index contributed by atoms with van der Waals surface area (Å²) in [6.07, 6.45) is -0.544. The van der Waals surface area contributed by atoms with E-state index in [0.717, 1.165) is 0 Å². The summed E-state index contributed by atoms with van der Waals surface area (Å²) in [5.41, 5.74) is 0.482. The van der Waals surface area contributed by atoms with Gasteiger partial charge in [0.1, 0.15) is 17.3 Å². The molecule has 0 aromatic heterocycles. The van der Waals surface area contributed by atoms with Crippen LogP contribution in [0.4, 0.5) is 10.5 Å². The SMILES string of the molecule is COc1ccc2c(c1)C(C(=O)O)CN2C(=O)OC(C)(C)C. The third kappa shape index (κ3) is 3.09. The molecule has 0 saturated carbocycles. The van der Waals surface area contributed by atoms with Crippen LogP contribution in [-0.4, -0.2) is 36.4 Å². The van der Waals surface area contributed by atoms with Gasteiger partial charge in [-0.2, -0.15) is 0 Å². The van der Waals surface area contributed by atoms with Crippen molar-refractivity contribution in [3.05, 3.63) is 23.8 Å². The van der Waals surface area contributed by atoms with Crippen molar-refractivity contribution in [3.8, 4) is 5.75 Å². The third-order valence-electron chi connectivity index (χ3n) is 3.18. The zero-order valence-corrected chi connectivity index (χ0v) is 12.5. The molecule has 1 unspecified atom stereocenters. The minimum Gasteiger partial charge on any atom is -0.497 e. The van der Waals surface area contributed by atoms with E-state index in [-0.39, 0.29) is 6.54 Å². The standard InChI is InChI=1S/C15H19NO5/c1-15(2,3)21-14(19)16-8-11(13(17)18)10-7-9(20-4)5-6-12(10)16/h5-7,11H,8H2,1-4H3,(H,17,18). The lowest BCUT2D eigenvalue weighted by Crippen LogP contribution is -2.36. The van der Waals surface area contributed by atoms with Crippen LogP contribution in [0.1, 0.15) is 32.3 Å². The second-order valence-corrected chi connectivity index (χ2v) is 5.91. The molecule has 0 spiro atoms. The van der Waals surface area contributed by atoms with Crippen LogP contribution in [-0.2, 0) is 9.53 Å². The first-order valence-corrected chi connectivity index (χ1v) is 6.64. The van der Waals surface area contributed by atoms with Crippen molar-refractivity contribution in [3.63, 3.8) is 0 Å². The number of carbonyl (C=O) groups excluding carboxylic acids is 1. The number of carbonyl (C=O) groups is 2. The smallest absolute Gasteiger partial charge is 0.414 e. The summed E-state index contributed by atoms with van der Waals surface area (Å²) in [5, 5.41) is 9.34. The monoisotopic (exact) mass is 293 g/mol. The average molecular weight is 293 g/mol. The zero-order valence-electron chi connectivity index (χ0n) is 12.5. The average Bonchev–Trinajstić information content (AvgIpc) is 2.75. The molecule has 0 radical (unpaired) electrons. The van der Waals surface area contributed by atoms with Crippen molar-refractivity contribution in [1.29, 1.82) is 0 Å². The van der Waals surface area contributed by atoms with Gasteiger partial charge in [0.15, 0.2) is 0 Å². The molecule has 0 aliphatic carbocycles. The van der Waals surface area contributed by atoms with Crippen LogP contribution in [0.3, 0.4) is 0 Å². The second-order valence-electron chi connectivity index (χ2n) is 5.91. The molecule has 21 heavy (non-hydrogen) atoms. The highest BCUT2D eigenvalue weighted by Crippen LogP contribution is 2.39. The number of anilines is 1. The van der Waals surface area contributed by atoms with E-state index in [2.05, 4.69) is 0 Å². The Balaban J connectivity index is 2.36. The lowest BCUT2D eigenvalue weighted by molar-refractivity contribution is -0.138. The molecule has 0 fully saturated rings. The number of hydrogen-bond donors (Lipinski definition) is 1. The lowest BCUT2D eigenvalue weighted by atomic mass is 10.0. The Morgan fingerprint density at radius 3 is 2.52 bits per heavy atom. The first-order valence-electron chi connectivity index (χ1n) is 6.64. The van der Waals surface area contributed by atoms with Crippen molar-refractivity contribution in [2.75, 3.05) is 18.6 Å². The Morgan fingerprint density at radius 2 is 2.00 bits per heavy atom. The van der Waals surface area contributed by atoms with Gasteiger partial charge in [-0.3, -0.25) is 9.69 Å². The van der Waals surface area contributed by atoms with Crippen molar-refractivity contribution in [2.24, 2.45) is 0 Å². The van der Waals surface area contributed by atoms with Gasteiger partial charge in [-0.1, -0.05) is 0 Å². The molecule has 114 valence electrons. The Hall–Kier alpha value is -2.24. The molecular weight excluding hydrogens is 274 g/mol. The minimum atomic E-state index is -0.976. The third-order valence-corrected chi connectivity index (χ3v) is 3.18. The van der Waals surface area contributed by atoms with Gasteiger partial charge in [0.05, 0.1) is 12.8 Å². The van der Waals surface area contributed by atoms with Crippen LogP contribution in [0.25, 0.3) is 0 Å². The number of aliphatic carboxylic acids is 1. The van der Waals surface area contributed by atoms with Gasteiger partial charge in [0, 0.05) is 6.54 Å². The van der Waals surface area contributed by atoms with Gasteiger partial charge < -0.3 is 14.6 Å². The van der Waals surface area contributed by atoms with E-state index < -0.39 is 23.6 Å². The maximum Gasteiger partial charge on any atom is 0.414 e. The molecule has 6 nitrogen and oxygen atoms in total. The number of carboxylic acid groups (broad SMARTS) is 1. The predicted molar refractivity (Wildman–Crippen MR) is 77.0 cm³/mol. The van der Waals surface area contributed by atoms with Gasteiger partial charge in [0.25, 0.3) is 0 Å². The van der Waals surface area contributed by atoms with Crippen LogP contribution in [0.2, 0.25) is 0 Å². The number of fused-ring (bicyclic) bond motifs is 1. The topological polar surface area (TPSA) is 76.1 Å². The van der Waals surface area contributed by atoms with Gasteiger partial charge >= 0.3 is 12.1 Å².